The number of nitrogens with one attached hydrogen (secondary N) is 1. The zero-order valence-electron chi connectivity index (χ0n) is 13.6. The summed E-state index contributed by atoms with van der Waals surface area (Å²) in [6.07, 6.45) is 0.314. The van der Waals surface area contributed by atoms with Gasteiger partial charge in [0.25, 0.3) is 0 Å². The van der Waals surface area contributed by atoms with Crippen molar-refractivity contribution in [3.8, 4) is 0 Å². The average molecular weight is 329 g/mol. The van der Waals surface area contributed by atoms with Crippen LogP contribution in [0.2, 0.25) is 0 Å². The largest absolute Gasteiger partial charge is 0.359 e. The van der Waals surface area contributed by atoms with Crippen LogP contribution in [0, 0.1) is 17.0 Å². The number of aromatic nitrogens is 2. The third-order valence-electron chi connectivity index (χ3n) is 4.14. The Bertz CT molecular complexity index is 772. The van der Waals surface area contributed by atoms with Crippen LogP contribution in [-0.4, -0.2) is 38.1 Å². The second-order valence-electron chi connectivity index (χ2n) is 5.97. The molecule has 0 unspecified atom stereocenters. The number of carbonyl (C=O) groups excluding carboxylic acids is 1. The quantitative estimate of drug-likeness (QED) is 0.667. The van der Waals surface area contributed by atoms with Gasteiger partial charge in [-0.2, -0.15) is 5.10 Å². The van der Waals surface area contributed by atoms with Crippen molar-refractivity contribution in [1.82, 2.24) is 14.7 Å². The number of anilines is 1. The molecule has 1 amide bonds. The molecule has 126 valence electrons. The number of nitro groups is 1. The molecule has 8 nitrogen and oxygen atoms in total. The van der Waals surface area contributed by atoms with Crippen LogP contribution in [0.15, 0.2) is 30.3 Å². The maximum Gasteiger partial charge on any atom is 0.333 e. The van der Waals surface area contributed by atoms with Gasteiger partial charge in [-0.3, -0.25) is 14.9 Å². The van der Waals surface area contributed by atoms with E-state index >= 15 is 0 Å². The lowest BCUT2D eigenvalue weighted by atomic mass is 10.2. The van der Waals surface area contributed by atoms with E-state index in [9.17, 15) is 14.9 Å². The highest BCUT2D eigenvalue weighted by atomic mass is 16.6. The van der Waals surface area contributed by atoms with Gasteiger partial charge in [-0.1, -0.05) is 30.3 Å². The van der Waals surface area contributed by atoms with Gasteiger partial charge in [0.1, 0.15) is 5.69 Å². The van der Waals surface area contributed by atoms with Gasteiger partial charge >= 0.3 is 5.69 Å². The second kappa shape index (κ2) is 6.31. The van der Waals surface area contributed by atoms with E-state index in [0.717, 1.165) is 5.56 Å². The maximum atomic E-state index is 12.2. The Morgan fingerprint density at radius 3 is 2.75 bits per heavy atom. The number of likely N-dealkylation sites (tertiary alicyclic amines) is 1. The summed E-state index contributed by atoms with van der Waals surface area (Å²) in [5, 5.41) is 18.5. The maximum absolute atomic E-state index is 12.2. The molecule has 0 bridgehead atoms. The van der Waals surface area contributed by atoms with E-state index in [-0.39, 0.29) is 17.6 Å². The van der Waals surface area contributed by atoms with Gasteiger partial charge in [-0.15, -0.1) is 0 Å². The number of hydrogen-bond acceptors (Lipinski definition) is 5. The van der Waals surface area contributed by atoms with Gasteiger partial charge in [0.15, 0.2) is 0 Å². The van der Waals surface area contributed by atoms with Crippen LogP contribution in [0.1, 0.15) is 17.7 Å². The van der Waals surface area contributed by atoms with E-state index in [1.54, 1.807) is 18.9 Å². The summed E-state index contributed by atoms with van der Waals surface area (Å²) in [4.78, 5) is 24.8. The van der Waals surface area contributed by atoms with E-state index in [0.29, 0.717) is 31.0 Å². The Balaban J connectivity index is 1.72. The Labute approximate surface area is 139 Å². The molecule has 0 aliphatic carbocycles. The van der Waals surface area contributed by atoms with Crippen LogP contribution in [0.3, 0.4) is 0 Å². The SMILES string of the molecule is Cc1nn(C)c(N[C@H]2CC(=O)N(Cc3ccccc3)C2)c1[N+](=O)[O-]. The second-order valence-corrected chi connectivity index (χ2v) is 5.97. The van der Waals surface area contributed by atoms with Gasteiger partial charge in [-0.05, 0) is 12.5 Å². The van der Waals surface area contributed by atoms with Crippen molar-refractivity contribution in [2.24, 2.45) is 7.05 Å². The molecule has 1 aromatic carbocycles. The topological polar surface area (TPSA) is 93.3 Å². The van der Waals surface area contributed by atoms with Crippen molar-refractivity contribution in [1.29, 1.82) is 0 Å². The van der Waals surface area contributed by atoms with Gasteiger partial charge in [-0.25, -0.2) is 4.68 Å². The fraction of sp³-hybridized carbons (Fsp3) is 0.375. The summed E-state index contributed by atoms with van der Waals surface area (Å²) in [5.41, 5.74) is 1.38. The number of nitrogens with zero attached hydrogens (tertiary/aromatic N) is 4. The highest BCUT2D eigenvalue weighted by Crippen LogP contribution is 2.29. The smallest absolute Gasteiger partial charge is 0.333 e. The Morgan fingerprint density at radius 1 is 1.38 bits per heavy atom. The Kier molecular flexibility index (Phi) is 4.20. The zero-order valence-corrected chi connectivity index (χ0v) is 13.6. The predicted octanol–water partition coefficient (Wildman–Crippen LogP) is 1.85. The molecule has 0 spiro atoms. The third kappa shape index (κ3) is 3.08. The van der Waals surface area contributed by atoms with Crippen LogP contribution in [0.4, 0.5) is 11.5 Å². The number of rotatable bonds is 5. The minimum atomic E-state index is -0.441. The molecule has 24 heavy (non-hydrogen) atoms. The van der Waals surface area contributed by atoms with E-state index in [2.05, 4.69) is 10.4 Å². The minimum Gasteiger partial charge on any atom is -0.359 e. The predicted molar refractivity (Wildman–Crippen MR) is 88.5 cm³/mol. The first kappa shape index (κ1) is 16.0. The average Bonchev–Trinajstić information content (AvgIpc) is 3.00. The lowest BCUT2D eigenvalue weighted by Gasteiger charge is -2.17. The van der Waals surface area contributed by atoms with Gasteiger partial charge < -0.3 is 10.2 Å². The van der Waals surface area contributed by atoms with Gasteiger partial charge in [0, 0.05) is 26.6 Å². The van der Waals surface area contributed by atoms with Crippen molar-refractivity contribution in [2.75, 3.05) is 11.9 Å². The van der Waals surface area contributed by atoms with Crippen molar-refractivity contribution >= 4 is 17.4 Å². The van der Waals surface area contributed by atoms with E-state index in [1.165, 1.54) is 4.68 Å². The van der Waals surface area contributed by atoms with Crippen molar-refractivity contribution in [3.63, 3.8) is 0 Å². The van der Waals surface area contributed by atoms with E-state index in [1.807, 2.05) is 30.3 Å². The molecule has 1 saturated heterocycles. The first-order valence-electron chi connectivity index (χ1n) is 7.72. The first-order chi connectivity index (χ1) is 11.5. The summed E-state index contributed by atoms with van der Waals surface area (Å²) in [6, 6.07) is 9.59. The fourth-order valence-electron chi connectivity index (χ4n) is 3.05. The van der Waals surface area contributed by atoms with Crippen LogP contribution in [0.25, 0.3) is 0 Å². The highest BCUT2D eigenvalue weighted by Gasteiger charge is 2.33. The molecule has 1 aromatic heterocycles. The summed E-state index contributed by atoms with van der Waals surface area (Å²) in [7, 11) is 1.65. The standard InChI is InChI=1S/C16H19N5O3/c1-11-15(21(23)24)16(19(2)18-11)17-13-8-14(22)20(10-13)9-12-6-4-3-5-7-12/h3-7,13,17H,8-10H2,1-2H3/t13-/m0/s1. The van der Waals surface area contributed by atoms with Crippen molar-refractivity contribution < 1.29 is 9.72 Å². The summed E-state index contributed by atoms with van der Waals surface area (Å²) < 4.78 is 1.46. The number of benzene rings is 1. The molecule has 1 atom stereocenters. The normalized spacial score (nSPS) is 17.3. The van der Waals surface area contributed by atoms with Crippen molar-refractivity contribution in [3.05, 3.63) is 51.7 Å². The molecule has 8 heteroatoms. The lowest BCUT2D eigenvalue weighted by Crippen LogP contribution is -2.28. The molecule has 1 aliphatic rings. The number of hydrogen-bond donors (Lipinski definition) is 1. The fourth-order valence-corrected chi connectivity index (χ4v) is 3.05. The highest BCUT2D eigenvalue weighted by molar-refractivity contribution is 5.80. The number of aryl methyl sites for hydroxylation is 2. The summed E-state index contributed by atoms with van der Waals surface area (Å²) in [6.45, 7) is 2.66. The van der Waals surface area contributed by atoms with Crippen LogP contribution >= 0.6 is 0 Å². The summed E-state index contributed by atoms with van der Waals surface area (Å²) in [5.74, 6) is 0.384. The van der Waals surface area contributed by atoms with Crippen LogP contribution in [-0.2, 0) is 18.4 Å². The van der Waals surface area contributed by atoms with Gasteiger partial charge in [0.2, 0.25) is 11.7 Å². The summed E-state index contributed by atoms with van der Waals surface area (Å²) >= 11 is 0. The molecular formula is C16H19N5O3. The molecule has 0 radical (unpaired) electrons. The molecule has 3 rings (SSSR count). The molecular weight excluding hydrogens is 310 g/mol. The molecule has 1 aliphatic heterocycles. The third-order valence-corrected chi connectivity index (χ3v) is 4.14. The van der Waals surface area contributed by atoms with Crippen molar-refractivity contribution in [2.45, 2.75) is 25.9 Å². The van der Waals surface area contributed by atoms with E-state index < -0.39 is 4.92 Å². The Morgan fingerprint density at radius 2 is 2.08 bits per heavy atom. The molecule has 1 N–H and O–H groups in total. The Hall–Kier alpha value is -2.90. The molecule has 2 heterocycles. The number of amides is 1. The molecule has 1 fully saturated rings. The molecule has 2 aromatic rings. The first-order valence-corrected chi connectivity index (χ1v) is 7.72. The zero-order chi connectivity index (χ0) is 17.3. The van der Waals surface area contributed by atoms with E-state index in [4.69, 9.17) is 0 Å². The van der Waals surface area contributed by atoms with Crippen LogP contribution < -0.4 is 5.32 Å². The number of carbonyl (C=O) groups is 1. The monoisotopic (exact) mass is 329 g/mol. The lowest BCUT2D eigenvalue weighted by molar-refractivity contribution is -0.384. The van der Waals surface area contributed by atoms with Gasteiger partial charge in [0.05, 0.1) is 11.0 Å². The van der Waals surface area contributed by atoms with Crippen LogP contribution in [0.5, 0.6) is 0 Å². The minimum absolute atomic E-state index is 0.0357. The molecule has 0 saturated carbocycles.